The number of hydrogen-bond donors (Lipinski definition) is 4. The smallest absolute Gasteiger partial charge is 0.355 e. The van der Waals surface area contributed by atoms with Gasteiger partial charge in [-0.05, 0) is 13.8 Å². The zero-order valence-corrected chi connectivity index (χ0v) is 15.3. The number of hydrogen-bond acceptors (Lipinski definition) is 10. The fourth-order valence-corrected chi connectivity index (χ4v) is 2.78. The Morgan fingerprint density at radius 3 is 2.32 bits per heavy atom. The molecule has 0 radical (unpaired) electrons. The summed E-state index contributed by atoms with van der Waals surface area (Å²) in [6.07, 6.45) is -2.53. The molecule has 4 N–H and O–H groups in total. The van der Waals surface area contributed by atoms with Crippen molar-refractivity contribution in [2.45, 2.75) is 44.3 Å². The Morgan fingerprint density at radius 1 is 1.29 bits per heavy atom. The molecule has 0 aromatic carbocycles. The quantitative estimate of drug-likeness (QED) is 0.281. The third kappa shape index (κ3) is 3.85. The first kappa shape index (κ1) is 21.8. The third-order valence-corrected chi connectivity index (χ3v) is 4.19. The van der Waals surface area contributed by atoms with Crippen LogP contribution in [-0.4, -0.2) is 68.8 Å². The number of carbonyl (C=O) groups excluding carboxylic acids is 2. The number of H-pyrrole nitrogens is 1. The van der Waals surface area contributed by atoms with E-state index in [1.807, 2.05) is 4.98 Å². The maximum absolute atomic E-state index is 12.3. The summed E-state index contributed by atoms with van der Waals surface area (Å²) in [5, 5.41) is 29.8. The largest absolute Gasteiger partial charge is 0.463 e. The van der Waals surface area contributed by atoms with Crippen molar-refractivity contribution >= 4 is 11.9 Å². The van der Waals surface area contributed by atoms with E-state index in [9.17, 15) is 29.4 Å². The van der Waals surface area contributed by atoms with Gasteiger partial charge in [0.1, 0.15) is 12.3 Å². The van der Waals surface area contributed by atoms with E-state index < -0.39 is 59.4 Å². The van der Waals surface area contributed by atoms with Gasteiger partial charge in [0.2, 0.25) is 0 Å². The first-order valence-electron chi connectivity index (χ1n) is 8.57. The number of esters is 2. The molecule has 1 aromatic rings. The van der Waals surface area contributed by atoms with E-state index >= 15 is 0 Å². The van der Waals surface area contributed by atoms with Gasteiger partial charge in [-0.25, -0.2) is 14.4 Å². The molecule has 0 saturated carbocycles. The molecule has 2 heterocycles. The lowest BCUT2D eigenvalue weighted by atomic mass is 9.96. The molecule has 0 unspecified atom stereocenters. The van der Waals surface area contributed by atoms with Gasteiger partial charge in [0.15, 0.2) is 0 Å². The standard InChI is InChI=1S/C16H22N2O10/c1-3-26-13(22)16(25,14(23)27-4-2)8-6-18(15(24)17-12(8)21)11-5-9(20)10(7-19)28-11/h6,9-11,19-20,25H,3-5,7H2,1-2H3,(H,17,21,24)/t9-,10-,11-/m1/s1. The van der Waals surface area contributed by atoms with Gasteiger partial charge in [0.25, 0.3) is 11.2 Å². The van der Waals surface area contributed by atoms with Crippen LogP contribution in [0.2, 0.25) is 0 Å². The number of aliphatic hydroxyl groups excluding tert-OH is 2. The van der Waals surface area contributed by atoms with Crippen LogP contribution in [0.25, 0.3) is 0 Å². The Morgan fingerprint density at radius 2 is 1.86 bits per heavy atom. The summed E-state index contributed by atoms with van der Waals surface area (Å²) in [5.74, 6) is -2.91. The summed E-state index contributed by atoms with van der Waals surface area (Å²) in [4.78, 5) is 50.9. The molecule has 12 heteroatoms. The van der Waals surface area contributed by atoms with Gasteiger partial charge >= 0.3 is 17.6 Å². The normalized spacial score (nSPS) is 22.1. The van der Waals surface area contributed by atoms with E-state index in [-0.39, 0.29) is 19.6 Å². The third-order valence-electron chi connectivity index (χ3n) is 4.19. The number of nitrogens with one attached hydrogen (secondary N) is 1. The summed E-state index contributed by atoms with van der Waals surface area (Å²) >= 11 is 0. The molecule has 0 amide bonds. The molecular weight excluding hydrogens is 380 g/mol. The second-order valence-corrected chi connectivity index (χ2v) is 5.98. The van der Waals surface area contributed by atoms with Crippen LogP contribution >= 0.6 is 0 Å². The maximum Gasteiger partial charge on any atom is 0.355 e. The van der Waals surface area contributed by atoms with E-state index in [2.05, 4.69) is 0 Å². The van der Waals surface area contributed by atoms with Gasteiger partial charge < -0.3 is 29.5 Å². The number of aromatic amines is 1. The van der Waals surface area contributed by atoms with Crippen molar-refractivity contribution < 1.29 is 39.1 Å². The van der Waals surface area contributed by atoms with Crippen molar-refractivity contribution in [3.8, 4) is 0 Å². The van der Waals surface area contributed by atoms with Crippen molar-refractivity contribution in [3.63, 3.8) is 0 Å². The highest BCUT2D eigenvalue weighted by molar-refractivity contribution is 6.04. The van der Waals surface area contributed by atoms with Gasteiger partial charge in [0.05, 0.1) is 31.5 Å². The van der Waals surface area contributed by atoms with Crippen LogP contribution in [-0.2, 0) is 29.4 Å². The molecule has 1 aliphatic rings. The highest BCUT2D eigenvalue weighted by Gasteiger charge is 2.52. The Bertz CT molecular complexity index is 827. The fraction of sp³-hybridized carbons (Fsp3) is 0.625. The van der Waals surface area contributed by atoms with Crippen LogP contribution < -0.4 is 11.2 Å². The van der Waals surface area contributed by atoms with Crippen LogP contribution in [0.1, 0.15) is 32.1 Å². The molecule has 1 aromatic heterocycles. The number of carbonyl (C=O) groups is 2. The lowest BCUT2D eigenvalue weighted by Gasteiger charge is -2.24. The number of nitrogens with zero attached hydrogens (tertiary/aromatic N) is 1. The zero-order chi connectivity index (χ0) is 21.1. The summed E-state index contributed by atoms with van der Waals surface area (Å²) in [6, 6.07) is 0. The summed E-state index contributed by atoms with van der Waals surface area (Å²) in [7, 11) is 0. The van der Waals surface area contributed by atoms with Crippen molar-refractivity contribution in [2.24, 2.45) is 0 Å². The van der Waals surface area contributed by atoms with Crippen LogP contribution in [0.4, 0.5) is 0 Å². The van der Waals surface area contributed by atoms with Crippen molar-refractivity contribution in [2.75, 3.05) is 19.8 Å². The molecule has 3 atom stereocenters. The lowest BCUT2D eigenvalue weighted by Crippen LogP contribution is -2.51. The first-order valence-corrected chi connectivity index (χ1v) is 8.57. The lowest BCUT2D eigenvalue weighted by molar-refractivity contribution is -0.185. The predicted octanol–water partition coefficient (Wildman–Crippen LogP) is -2.51. The number of ether oxygens (including phenoxy) is 3. The molecule has 28 heavy (non-hydrogen) atoms. The van der Waals surface area contributed by atoms with E-state index in [4.69, 9.17) is 19.3 Å². The molecule has 12 nitrogen and oxygen atoms in total. The van der Waals surface area contributed by atoms with E-state index in [0.717, 1.165) is 10.8 Å². The molecule has 0 bridgehead atoms. The van der Waals surface area contributed by atoms with Crippen molar-refractivity contribution in [1.82, 2.24) is 9.55 Å². The SMILES string of the molecule is CCOC(=O)C(O)(C(=O)OCC)c1cn([C@H]2C[C@@H](O)[C@@H](CO)O2)c(=O)[nH]c1=O. The Hall–Kier alpha value is -2.54. The van der Waals surface area contributed by atoms with Gasteiger partial charge in [-0.3, -0.25) is 14.3 Å². The van der Waals surface area contributed by atoms with Crippen molar-refractivity contribution in [3.05, 3.63) is 32.6 Å². The maximum atomic E-state index is 12.3. The minimum Gasteiger partial charge on any atom is -0.463 e. The molecule has 1 saturated heterocycles. The van der Waals surface area contributed by atoms with Crippen LogP contribution in [0.3, 0.4) is 0 Å². The molecule has 0 aliphatic carbocycles. The Balaban J connectivity index is 2.59. The first-order chi connectivity index (χ1) is 13.2. The number of aliphatic hydroxyl groups is 3. The molecule has 1 fully saturated rings. The summed E-state index contributed by atoms with van der Waals surface area (Å²) < 4.78 is 15.5. The zero-order valence-electron chi connectivity index (χ0n) is 15.3. The molecule has 2 rings (SSSR count). The summed E-state index contributed by atoms with van der Waals surface area (Å²) in [6.45, 7) is 1.94. The van der Waals surface area contributed by atoms with E-state index in [1.54, 1.807) is 0 Å². The minimum absolute atomic E-state index is 0.117. The van der Waals surface area contributed by atoms with Crippen LogP contribution in [0, 0.1) is 0 Å². The number of rotatable bonds is 7. The minimum atomic E-state index is -3.12. The highest BCUT2D eigenvalue weighted by Crippen LogP contribution is 2.29. The second kappa shape index (κ2) is 8.65. The average Bonchev–Trinajstić information content (AvgIpc) is 3.02. The molecular formula is C16H22N2O10. The second-order valence-electron chi connectivity index (χ2n) is 5.98. The monoisotopic (exact) mass is 402 g/mol. The van der Waals surface area contributed by atoms with Crippen molar-refractivity contribution in [1.29, 1.82) is 0 Å². The molecule has 156 valence electrons. The van der Waals surface area contributed by atoms with Gasteiger partial charge in [-0.1, -0.05) is 0 Å². The predicted molar refractivity (Wildman–Crippen MR) is 90.1 cm³/mol. The van der Waals surface area contributed by atoms with Gasteiger partial charge in [-0.2, -0.15) is 0 Å². The van der Waals surface area contributed by atoms with Crippen LogP contribution in [0.5, 0.6) is 0 Å². The van der Waals surface area contributed by atoms with Gasteiger partial charge in [0, 0.05) is 12.6 Å². The fourth-order valence-electron chi connectivity index (χ4n) is 2.78. The van der Waals surface area contributed by atoms with Crippen LogP contribution in [0.15, 0.2) is 15.8 Å². The van der Waals surface area contributed by atoms with Gasteiger partial charge in [-0.15, -0.1) is 0 Å². The number of aromatic nitrogens is 2. The molecule has 0 spiro atoms. The Labute approximate surface area is 158 Å². The van der Waals surface area contributed by atoms with E-state index in [1.165, 1.54) is 13.8 Å². The topological polar surface area (TPSA) is 177 Å². The summed E-state index contributed by atoms with van der Waals surface area (Å²) in [5.41, 5.74) is -6.11. The average molecular weight is 402 g/mol. The highest BCUT2D eigenvalue weighted by atomic mass is 16.6. The molecule has 1 aliphatic heterocycles. The Kier molecular flexibility index (Phi) is 6.72. The van der Waals surface area contributed by atoms with E-state index in [0.29, 0.717) is 0 Å².